The number of fused-ring (bicyclic) bond motifs is 1. The van der Waals surface area contributed by atoms with E-state index in [9.17, 15) is 13.2 Å². The lowest BCUT2D eigenvalue weighted by atomic mass is 10.2. The molecular weight excluding hydrogens is 409 g/mol. The number of nitrogens with zero attached hydrogens (tertiary/aromatic N) is 4. The topological polar surface area (TPSA) is 41.9 Å². The molecule has 4 nitrogen and oxygen atoms in total. The van der Waals surface area contributed by atoms with Crippen molar-refractivity contribution in [3.8, 4) is 0 Å². The molecule has 0 radical (unpaired) electrons. The minimum Gasteiger partial charge on any atom is -0.319 e. The Labute approximate surface area is 148 Å². The first-order valence-corrected chi connectivity index (χ1v) is 7.91. The molecule has 0 N–H and O–H groups in total. The van der Waals surface area contributed by atoms with Gasteiger partial charge in [-0.3, -0.25) is 4.98 Å². The number of benzene rings is 1. The van der Waals surface area contributed by atoms with Gasteiger partial charge in [0.1, 0.15) is 11.3 Å². The van der Waals surface area contributed by atoms with Gasteiger partial charge in [0.25, 0.3) is 6.43 Å². The molecule has 3 aromatic rings. The molecule has 1 aromatic carbocycles. The van der Waals surface area contributed by atoms with Gasteiger partial charge in [0.05, 0.1) is 12.1 Å². The maximum atomic E-state index is 13.7. The van der Waals surface area contributed by atoms with Gasteiger partial charge in [-0.2, -0.15) is 4.98 Å². The summed E-state index contributed by atoms with van der Waals surface area (Å²) in [6.07, 6.45) is -1.19. The van der Waals surface area contributed by atoms with E-state index in [1.54, 1.807) is 12.1 Å². The molecule has 0 unspecified atom stereocenters. The van der Waals surface area contributed by atoms with Crippen LogP contribution >= 0.6 is 27.5 Å². The normalized spacial score (nSPS) is 11.2. The molecule has 24 heavy (non-hydrogen) atoms. The van der Waals surface area contributed by atoms with Crippen molar-refractivity contribution >= 4 is 50.1 Å². The highest BCUT2D eigenvalue weighted by molar-refractivity contribution is 9.10. The van der Waals surface area contributed by atoms with Gasteiger partial charge in [-0.05, 0) is 41.9 Å². The van der Waals surface area contributed by atoms with E-state index in [-0.39, 0.29) is 16.8 Å². The number of rotatable bonds is 4. The molecule has 2 aromatic heterocycles. The molecule has 124 valence electrons. The van der Waals surface area contributed by atoms with Crippen LogP contribution in [0.2, 0.25) is 5.28 Å². The summed E-state index contributed by atoms with van der Waals surface area (Å²) in [6, 6.07) is 7.16. The molecule has 0 fully saturated rings. The van der Waals surface area contributed by atoms with Gasteiger partial charge in [0.2, 0.25) is 5.28 Å². The van der Waals surface area contributed by atoms with Crippen LogP contribution in [0.4, 0.5) is 24.7 Å². The lowest BCUT2D eigenvalue weighted by Crippen LogP contribution is -2.25. The van der Waals surface area contributed by atoms with Crippen molar-refractivity contribution in [1.29, 1.82) is 0 Å². The molecule has 0 aliphatic rings. The van der Waals surface area contributed by atoms with Crippen LogP contribution < -0.4 is 4.90 Å². The van der Waals surface area contributed by atoms with Gasteiger partial charge in [0, 0.05) is 16.4 Å². The highest BCUT2D eigenvalue weighted by Crippen LogP contribution is 2.32. The number of pyridine rings is 1. The average Bonchev–Trinajstić information content (AvgIpc) is 2.50. The SMILES string of the molecule is Fc1cc(Br)cc(N(CC(F)F)c2nc(Cl)nc3cccnc23)c1. The van der Waals surface area contributed by atoms with E-state index in [2.05, 4.69) is 30.9 Å². The average molecular weight is 418 g/mol. The second kappa shape index (κ2) is 6.90. The third kappa shape index (κ3) is 3.59. The summed E-state index contributed by atoms with van der Waals surface area (Å²) in [7, 11) is 0. The second-order valence-electron chi connectivity index (χ2n) is 4.82. The zero-order valence-electron chi connectivity index (χ0n) is 11.9. The molecule has 0 saturated heterocycles. The Hall–Kier alpha value is -1.93. The number of hydrogen-bond donors (Lipinski definition) is 0. The predicted octanol–water partition coefficient (Wildman–Crippen LogP) is 4.98. The minimum atomic E-state index is -2.68. The summed E-state index contributed by atoms with van der Waals surface area (Å²) in [5, 5.41) is -0.111. The van der Waals surface area contributed by atoms with Gasteiger partial charge >= 0.3 is 0 Å². The van der Waals surface area contributed by atoms with Crippen molar-refractivity contribution in [3.63, 3.8) is 0 Å². The Morgan fingerprint density at radius 3 is 2.71 bits per heavy atom. The van der Waals surface area contributed by atoms with Crippen LogP contribution in [0.3, 0.4) is 0 Å². The summed E-state index contributed by atoms with van der Waals surface area (Å²) in [5.41, 5.74) is 0.897. The summed E-state index contributed by atoms with van der Waals surface area (Å²) < 4.78 is 40.4. The Kier molecular flexibility index (Phi) is 4.86. The largest absolute Gasteiger partial charge is 0.319 e. The van der Waals surface area contributed by atoms with E-state index >= 15 is 0 Å². The molecule has 0 spiro atoms. The molecule has 0 aliphatic heterocycles. The van der Waals surface area contributed by atoms with E-state index in [1.807, 2.05) is 0 Å². The molecule has 0 amide bonds. The molecule has 0 saturated carbocycles. The molecule has 9 heteroatoms. The molecule has 3 rings (SSSR count). The molecule has 0 aliphatic carbocycles. The lowest BCUT2D eigenvalue weighted by Gasteiger charge is -2.24. The van der Waals surface area contributed by atoms with Gasteiger partial charge in [-0.25, -0.2) is 18.2 Å². The van der Waals surface area contributed by atoms with Crippen molar-refractivity contribution in [1.82, 2.24) is 15.0 Å². The molecule has 0 atom stereocenters. The maximum Gasteiger partial charge on any atom is 0.256 e. The molecular formula is C15H9BrClF3N4. The fourth-order valence-corrected chi connectivity index (χ4v) is 2.88. The zero-order valence-corrected chi connectivity index (χ0v) is 14.3. The number of anilines is 2. The third-order valence-electron chi connectivity index (χ3n) is 3.14. The standard InChI is InChI=1S/C15H9BrClF3N4/c16-8-4-9(18)6-10(5-8)24(7-12(19)20)14-13-11(2-1-3-21-13)22-15(17)23-14/h1-6,12H,7H2. The first kappa shape index (κ1) is 16.9. The summed E-state index contributed by atoms with van der Waals surface area (Å²) in [6.45, 7) is -0.699. The first-order valence-electron chi connectivity index (χ1n) is 6.74. The third-order valence-corrected chi connectivity index (χ3v) is 3.77. The zero-order chi connectivity index (χ0) is 17.3. The van der Waals surface area contributed by atoms with Crippen LogP contribution in [0.5, 0.6) is 0 Å². The summed E-state index contributed by atoms with van der Waals surface area (Å²) in [5.74, 6) is -0.487. The maximum absolute atomic E-state index is 13.7. The van der Waals surface area contributed by atoms with Crippen molar-refractivity contribution in [2.24, 2.45) is 0 Å². The van der Waals surface area contributed by atoms with Crippen LogP contribution in [0.1, 0.15) is 0 Å². The lowest BCUT2D eigenvalue weighted by molar-refractivity contribution is 0.158. The second-order valence-corrected chi connectivity index (χ2v) is 6.07. The smallest absolute Gasteiger partial charge is 0.256 e. The number of alkyl halides is 2. The van der Waals surface area contributed by atoms with Crippen molar-refractivity contribution in [3.05, 3.63) is 52.1 Å². The van der Waals surface area contributed by atoms with Gasteiger partial charge in [-0.1, -0.05) is 15.9 Å². The monoisotopic (exact) mass is 416 g/mol. The Morgan fingerprint density at radius 1 is 1.21 bits per heavy atom. The number of hydrogen-bond acceptors (Lipinski definition) is 4. The Morgan fingerprint density at radius 2 is 2.00 bits per heavy atom. The fourth-order valence-electron chi connectivity index (χ4n) is 2.26. The Balaban J connectivity index is 2.23. The van der Waals surface area contributed by atoms with Crippen LogP contribution in [0.15, 0.2) is 41.0 Å². The van der Waals surface area contributed by atoms with Gasteiger partial charge in [-0.15, -0.1) is 0 Å². The van der Waals surface area contributed by atoms with Crippen LogP contribution in [-0.2, 0) is 0 Å². The minimum absolute atomic E-state index is 0.0865. The van der Waals surface area contributed by atoms with E-state index in [0.29, 0.717) is 15.5 Å². The first-order chi connectivity index (χ1) is 11.4. The van der Waals surface area contributed by atoms with Crippen LogP contribution in [0, 0.1) is 5.82 Å². The molecule has 0 bridgehead atoms. The fraction of sp³-hybridized carbons (Fsp3) is 0.133. The Bertz CT molecular complexity index is 873. The van der Waals surface area contributed by atoms with Crippen LogP contribution in [0.25, 0.3) is 11.0 Å². The summed E-state index contributed by atoms with van der Waals surface area (Å²) >= 11 is 9.06. The molecule has 2 heterocycles. The van der Waals surface area contributed by atoms with Crippen molar-refractivity contribution in [2.45, 2.75) is 6.43 Å². The summed E-state index contributed by atoms with van der Waals surface area (Å²) in [4.78, 5) is 13.4. The number of halogens is 5. The quantitative estimate of drug-likeness (QED) is 0.561. The van der Waals surface area contributed by atoms with Crippen LogP contribution in [-0.4, -0.2) is 27.9 Å². The van der Waals surface area contributed by atoms with E-state index < -0.39 is 18.8 Å². The van der Waals surface area contributed by atoms with Gasteiger partial charge < -0.3 is 4.90 Å². The van der Waals surface area contributed by atoms with E-state index in [4.69, 9.17) is 11.6 Å². The van der Waals surface area contributed by atoms with Crippen molar-refractivity contribution < 1.29 is 13.2 Å². The van der Waals surface area contributed by atoms with Crippen molar-refractivity contribution in [2.75, 3.05) is 11.4 Å². The highest BCUT2D eigenvalue weighted by atomic mass is 79.9. The van der Waals surface area contributed by atoms with Gasteiger partial charge in [0.15, 0.2) is 5.82 Å². The number of aromatic nitrogens is 3. The predicted molar refractivity (Wildman–Crippen MR) is 89.5 cm³/mol. The van der Waals surface area contributed by atoms with E-state index in [0.717, 1.165) is 6.07 Å². The highest BCUT2D eigenvalue weighted by Gasteiger charge is 2.21. The van der Waals surface area contributed by atoms with E-state index in [1.165, 1.54) is 23.2 Å².